The van der Waals surface area contributed by atoms with Gasteiger partial charge in [-0.15, -0.1) is 0 Å². The van der Waals surface area contributed by atoms with Crippen LogP contribution in [0, 0.1) is 0 Å². The third kappa shape index (κ3) is 3.26. The van der Waals surface area contributed by atoms with Crippen LogP contribution in [0.1, 0.15) is 19.3 Å². The number of carbonyl (C=O) groups is 1. The lowest BCUT2D eigenvalue weighted by Gasteiger charge is -2.31. The van der Waals surface area contributed by atoms with Crippen molar-refractivity contribution < 1.29 is 13.2 Å². The Labute approximate surface area is 145 Å². The molecule has 3 rings (SSSR count). The maximum atomic E-state index is 12.4. The fraction of sp³-hybridized carbons (Fsp3) is 0.400. The van der Waals surface area contributed by atoms with Gasteiger partial charge in [-0.25, -0.2) is 13.1 Å². The number of benzene rings is 1. The largest absolute Gasteiger partial charge is 0.332 e. The fourth-order valence-electron chi connectivity index (χ4n) is 3.17. The van der Waals surface area contributed by atoms with Crippen LogP contribution in [-0.4, -0.2) is 37.9 Å². The van der Waals surface area contributed by atoms with Crippen molar-refractivity contribution >= 4 is 39.1 Å². The van der Waals surface area contributed by atoms with Crippen LogP contribution in [0.3, 0.4) is 0 Å². The van der Waals surface area contributed by atoms with E-state index in [1.807, 2.05) is 6.08 Å². The zero-order chi connectivity index (χ0) is 16.6. The molecule has 5 nitrogen and oxygen atoms in total. The Morgan fingerprint density at radius 2 is 1.96 bits per heavy atom. The second-order valence-corrected chi connectivity index (χ2v) is 8.16. The molecule has 2 aliphatic heterocycles. The summed E-state index contributed by atoms with van der Waals surface area (Å²) in [6.45, 7) is -0.301. The number of sulfonamides is 1. The Balaban J connectivity index is 1.73. The molecule has 0 radical (unpaired) electrons. The number of fused-ring (bicyclic) bond motifs is 2. The summed E-state index contributed by atoms with van der Waals surface area (Å²) in [5, 5.41) is 0.0526. The number of halogens is 2. The molecule has 0 spiro atoms. The molecule has 2 unspecified atom stereocenters. The van der Waals surface area contributed by atoms with Crippen LogP contribution >= 0.6 is 23.2 Å². The summed E-state index contributed by atoms with van der Waals surface area (Å²) in [5.41, 5.74) is 0. The monoisotopic (exact) mass is 374 g/mol. The molecule has 0 saturated carbocycles. The van der Waals surface area contributed by atoms with Crippen molar-refractivity contribution in [1.29, 1.82) is 0 Å². The summed E-state index contributed by atoms with van der Waals surface area (Å²) in [6.07, 6.45) is 6.80. The van der Waals surface area contributed by atoms with Crippen LogP contribution in [0.2, 0.25) is 10.0 Å². The van der Waals surface area contributed by atoms with Gasteiger partial charge in [-0.1, -0.05) is 41.4 Å². The van der Waals surface area contributed by atoms with Gasteiger partial charge in [0.05, 0.1) is 22.6 Å². The Morgan fingerprint density at radius 3 is 2.61 bits per heavy atom. The predicted molar refractivity (Wildman–Crippen MR) is 89.1 cm³/mol. The van der Waals surface area contributed by atoms with E-state index < -0.39 is 10.0 Å². The van der Waals surface area contributed by atoms with E-state index in [1.54, 1.807) is 11.0 Å². The first-order chi connectivity index (χ1) is 10.9. The highest BCUT2D eigenvalue weighted by atomic mass is 35.5. The smallest absolute Gasteiger partial charge is 0.244 e. The van der Waals surface area contributed by atoms with Crippen molar-refractivity contribution in [2.24, 2.45) is 0 Å². The van der Waals surface area contributed by atoms with Gasteiger partial charge in [0.25, 0.3) is 0 Å². The van der Waals surface area contributed by atoms with Crippen molar-refractivity contribution in [3.8, 4) is 0 Å². The van der Waals surface area contributed by atoms with E-state index in [0.717, 1.165) is 19.3 Å². The van der Waals surface area contributed by atoms with Gasteiger partial charge in [-0.2, -0.15) is 0 Å². The van der Waals surface area contributed by atoms with Crippen LogP contribution in [-0.2, 0) is 14.8 Å². The van der Waals surface area contributed by atoms with E-state index >= 15 is 0 Å². The minimum Gasteiger partial charge on any atom is -0.332 e. The number of nitrogens with one attached hydrogen (secondary N) is 1. The number of amides is 1. The minimum absolute atomic E-state index is 0.0263. The molecule has 1 N–H and O–H groups in total. The summed E-state index contributed by atoms with van der Waals surface area (Å²) in [4.78, 5) is 14.0. The highest BCUT2D eigenvalue weighted by Crippen LogP contribution is 2.32. The van der Waals surface area contributed by atoms with Crippen molar-refractivity contribution in [3.63, 3.8) is 0 Å². The van der Waals surface area contributed by atoms with Gasteiger partial charge in [0, 0.05) is 6.04 Å². The number of hydrogen-bond donors (Lipinski definition) is 1. The van der Waals surface area contributed by atoms with Crippen molar-refractivity contribution in [3.05, 3.63) is 40.4 Å². The lowest BCUT2D eigenvalue weighted by Crippen LogP contribution is -2.47. The van der Waals surface area contributed by atoms with E-state index in [-0.39, 0.29) is 39.5 Å². The van der Waals surface area contributed by atoms with Gasteiger partial charge >= 0.3 is 0 Å². The van der Waals surface area contributed by atoms with Gasteiger partial charge in [-0.05, 0) is 31.4 Å². The van der Waals surface area contributed by atoms with Crippen molar-refractivity contribution in [2.75, 3.05) is 6.54 Å². The number of nitrogens with zero attached hydrogens (tertiary/aromatic N) is 1. The molecular formula is C15H16Cl2N2O3S. The maximum Gasteiger partial charge on any atom is 0.244 e. The van der Waals surface area contributed by atoms with Gasteiger partial charge in [-0.3, -0.25) is 4.79 Å². The maximum absolute atomic E-state index is 12.4. The molecule has 1 saturated heterocycles. The molecule has 0 aliphatic carbocycles. The number of rotatable bonds is 4. The van der Waals surface area contributed by atoms with Crippen LogP contribution in [0.4, 0.5) is 0 Å². The zero-order valence-electron chi connectivity index (χ0n) is 12.2. The van der Waals surface area contributed by atoms with E-state index in [1.165, 1.54) is 12.1 Å². The van der Waals surface area contributed by atoms with Crippen LogP contribution in [0.5, 0.6) is 0 Å². The number of carbonyl (C=O) groups excluding carboxylic acids is 1. The summed E-state index contributed by atoms with van der Waals surface area (Å²) in [5.74, 6) is -0.228. The van der Waals surface area contributed by atoms with E-state index in [9.17, 15) is 13.2 Å². The van der Waals surface area contributed by atoms with E-state index in [4.69, 9.17) is 23.2 Å². The molecule has 2 aliphatic rings. The average molecular weight is 375 g/mol. The lowest BCUT2D eigenvalue weighted by atomic mass is 10.1. The Kier molecular flexibility index (Phi) is 4.69. The molecule has 2 bridgehead atoms. The molecule has 1 aromatic carbocycles. The molecule has 0 aromatic heterocycles. The van der Waals surface area contributed by atoms with Gasteiger partial charge < -0.3 is 4.90 Å². The quantitative estimate of drug-likeness (QED) is 0.823. The van der Waals surface area contributed by atoms with Gasteiger partial charge in [0.15, 0.2) is 0 Å². The Hall–Kier alpha value is -1.08. The second kappa shape index (κ2) is 6.43. The van der Waals surface area contributed by atoms with Gasteiger partial charge in [0.2, 0.25) is 15.9 Å². The molecule has 1 amide bonds. The van der Waals surface area contributed by atoms with Crippen molar-refractivity contribution in [2.45, 2.75) is 36.2 Å². The number of hydrogen-bond acceptors (Lipinski definition) is 3. The molecule has 124 valence electrons. The first kappa shape index (κ1) is 16.8. The Morgan fingerprint density at radius 1 is 1.26 bits per heavy atom. The topological polar surface area (TPSA) is 66.5 Å². The summed E-state index contributed by atoms with van der Waals surface area (Å²) in [7, 11) is -3.95. The molecule has 2 atom stereocenters. The SMILES string of the molecule is O=C(CNS(=O)(=O)c1c(Cl)cccc1Cl)N1C2C=CCC1CC2. The highest BCUT2D eigenvalue weighted by Gasteiger charge is 2.37. The normalized spacial score (nSPS) is 23.3. The minimum atomic E-state index is -3.95. The third-order valence-corrected chi connectivity index (χ3v) is 6.56. The molecule has 1 fully saturated rings. The lowest BCUT2D eigenvalue weighted by molar-refractivity contribution is -0.132. The third-order valence-electron chi connectivity index (χ3n) is 4.20. The second-order valence-electron chi connectivity index (χ2n) is 5.64. The van der Waals surface area contributed by atoms with Crippen LogP contribution in [0.25, 0.3) is 0 Å². The molecule has 23 heavy (non-hydrogen) atoms. The Bertz CT molecular complexity index is 744. The highest BCUT2D eigenvalue weighted by molar-refractivity contribution is 7.89. The summed E-state index contributed by atoms with van der Waals surface area (Å²) < 4.78 is 27.1. The van der Waals surface area contributed by atoms with Crippen LogP contribution in [0.15, 0.2) is 35.2 Å². The zero-order valence-corrected chi connectivity index (χ0v) is 14.5. The summed E-state index contributed by atoms with van der Waals surface area (Å²) >= 11 is 11.9. The van der Waals surface area contributed by atoms with E-state index in [2.05, 4.69) is 10.8 Å². The molecule has 1 aromatic rings. The van der Waals surface area contributed by atoms with E-state index in [0.29, 0.717) is 0 Å². The predicted octanol–water partition coefficient (Wildman–Crippen LogP) is 2.59. The summed E-state index contributed by atoms with van der Waals surface area (Å²) in [6, 6.07) is 4.70. The first-order valence-electron chi connectivity index (χ1n) is 7.31. The molecule has 8 heteroatoms. The van der Waals surface area contributed by atoms with Crippen molar-refractivity contribution in [1.82, 2.24) is 9.62 Å². The van der Waals surface area contributed by atoms with Crippen LogP contribution < -0.4 is 4.72 Å². The standard InChI is InChI=1S/C15H16Cl2N2O3S/c16-12-5-2-6-13(17)15(12)23(21,22)18-9-14(20)19-10-3-1-4-11(19)8-7-10/h1-3,5-6,10-11,18H,4,7-9H2. The molecular weight excluding hydrogens is 359 g/mol. The first-order valence-corrected chi connectivity index (χ1v) is 9.55. The average Bonchev–Trinajstić information content (AvgIpc) is 2.74. The molecule has 2 heterocycles. The van der Waals surface area contributed by atoms with Gasteiger partial charge in [0.1, 0.15) is 4.90 Å². The fourth-order valence-corrected chi connectivity index (χ4v) is 5.29.